The van der Waals surface area contributed by atoms with Crippen molar-refractivity contribution in [1.82, 2.24) is 19.9 Å². The van der Waals surface area contributed by atoms with E-state index >= 15 is 0 Å². The Morgan fingerprint density at radius 2 is 1.35 bits per heavy atom. The van der Waals surface area contributed by atoms with Crippen LogP contribution in [0.3, 0.4) is 0 Å². The number of rotatable bonds is 15. The molecule has 0 bridgehead atoms. The first-order chi connectivity index (χ1) is 27.4. The van der Waals surface area contributed by atoms with E-state index in [1.807, 2.05) is 72.8 Å². The molecule has 4 aromatic carbocycles. The number of aromatic amines is 2. The fraction of sp³-hybridized carbons (Fsp3) is 0.308. The number of fused-ring (bicyclic) bond motifs is 2. The number of benzene rings is 4. The molecule has 300 valence electrons. The summed E-state index contributed by atoms with van der Waals surface area (Å²) in [6, 6.07) is 28.3. The molecule has 1 aliphatic heterocycles. The number of imidazole rings is 2. The van der Waals surface area contributed by atoms with Crippen molar-refractivity contribution in [2.24, 2.45) is 4.99 Å². The fourth-order valence-electron chi connectivity index (χ4n) is 6.30. The second-order valence-electron chi connectivity index (χ2n) is 13.6. The van der Waals surface area contributed by atoms with Gasteiger partial charge >= 0.3 is 0 Å². The van der Waals surface area contributed by atoms with Gasteiger partial charge in [-0.2, -0.15) is 0 Å². The molecule has 1 aliphatic rings. The lowest BCUT2D eigenvalue weighted by Crippen LogP contribution is -2.60. The standard InChI is InChI=1S/C39H42N6O10S2/c46-18-30-33(51)35(53)36(54)37(55-30)45-39-42-25-12-10-23(16-27(25)44-39)57-21-8-4-5-19(13-21)14-28(47)31(49)34(52)32(50)29(48)17-40-38-41-24-11-9-22(15-26(24)43-38)56-20-6-2-1-3-7-20/h1-13,15-17,28-37,46-54H,14,18H2,(H,41,43)(H2,42,44,45)/t28-,29?,30?,31?,32?,33?,34?,35?,36?,37?/m1/s1. The van der Waals surface area contributed by atoms with E-state index in [0.717, 1.165) is 31.3 Å². The summed E-state index contributed by atoms with van der Waals surface area (Å²) in [5.41, 5.74) is 3.24. The zero-order valence-corrected chi connectivity index (χ0v) is 31.6. The van der Waals surface area contributed by atoms with E-state index in [1.54, 1.807) is 30.0 Å². The van der Waals surface area contributed by atoms with Gasteiger partial charge in [0.15, 0.2) is 6.23 Å². The van der Waals surface area contributed by atoms with E-state index < -0.39 is 67.8 Å². The Bertz CT molecular complexity index is 2290. The number of hydrogen-bond donors (Lipinski definition) is 12. The highest BCUT2D eigenvalue weighted by Crippen LogP contribution is 2.32. The van der Waals surface area contributed by atoms with Crippen LogP contribution in [0.5, 0.6) is 0 Å². The zero-order chi connectivity index (χ0) is 40.2. The highest BCUT2D eigenvalue weighted by Gasteiger charge is 2.43. The van der Waals surface area contributed by atoms with Crippen LogP contribution in [0.1, 0.15) is 5.56 Å². The number of nitrogens with one attached hydrogen (secondary N) is 3. The number of anilines is 1. The molecule has 0 aliphatic carbocycles. The van der Waals surface area contributed by atoms with Gasteiger partial charge < -0.3 is 66.0 Å². The van der Waals surface area contributed by atoms with E-state index in [0.29, 0.717) is 22.1 Å². The summed E-state index contributed by atoms with van der Waals surface area (Å²) in [6.07, 6.45) is -14.6. The predicted molar refractivity (Wildman–Crippen MR) is 213 cm³/mol. The second kappa shape index (κ2) is 18.0. The van der Waals surface area contributed by atoms with Crippen molar-refractivity contribution in [3.63, 3.8) is 0 Å². The van der Waals surface area contributed by atoms with E-state index in [-0.39, 0.29) is 18.3 Å². The van der Waals surface area contributed by atoms with Crippen LogP contribution < -0.4 is 5.32 Å². The van der Waals surface area contributed by atoms with Crippen LogP contribution in [0.15, 0.2) is 116 Å². The minimum Gasteiger partial charge on any atom is -0.394 e. The molecule has 57 heavy (non-hydrogen) atoms. The third kappa shape index (κ3) is 9.66. The Balaban J connectivity index is 0.927. The molecule has 9 unspecified atom stereocenters. The summed E-state index contributed by atoms with van der Waals surface area (Å²) < 4.78 is 5.51. The van der Waals surface area contributed by atoms with Gasteiger partial charge in [-0.1, -0.05) is 53.9 Å². The third-order valence-electron chi connectivity index (χ3n) is 9.42. The molecule has 1 fully saturated rings. The maximum Gasteiger partial charge on any atom is 0.227 e. The molecule has 0 radical (unpaired) electrons. The van der Waals surface area contributed by atoms with Crippen LogP contribution >= 0.6 is 23.5 Å². The average Bonchev–Trinajstić information content (AvgIpc) is 3.82. The molecule has 1 saturated heterocycles. The normalized spacial score (nSPS) is 22.8. The Kier molecular flexibility index (Phi) is 12.9. The van der Waals surface area contributed by atoms with Gasteiger partial charge in [-0.3, -0.25) is 0 Å². The van der Waals surface area contributed by atoms with Crippen LogP contribution in [0.25, 0.3) is 22.1 Å². The van der Waals surface area contributed by atoms with Gasteiger partial charge in [0.05, 0.1) is 34.8 Å². The monoisotopic (exact) mass is 818 g/mol. The molecule has 16 nitrogen and oxygen atoms in total. The third-order valence-corrected chi connectivity index (χ3v) is 11.4. The van der Waals surface area contributed by atoms with Crippen LogP contribution in [-0.4, -0.2) is 140 Å². The molecule has 6 aromatic rings. The number of aliphatic hydroxyl groups excluding tert-OH is 9. The van der Waals surface area contributed by atoms with Gasteiger partial charge in [0.25, 0.3) is 0 Å². The van der Waals surface area contributed by atoms with Crippen LogP contribution in [0, 0.1) is 0 Å². The average molecular weight is 819 g/mol. The van der Waals surface area contributed by atoms with E-state index in [1.165, 1.54) is 11.8 Å². The molecule has 2 aromatic heterocycles. The Labute approximate surface area is 334 Å². The summed E-state index contributed by atoms with van der Waals surface area (Å²) in [6.45, 7) is -0.557. The van der Waals surface area contributed by atoms with Crippen molar-refractivity contribution < 1.29 is 50.7 Å². The SMILES string of the molecule is OCC1OC(Nc2nc3ccc(Sc4cccc(C[C@@H](O)C(O)C(O)C(O)C(O)C=Nc5nc6ccc(Sc7ccccc7)cc6[nH]5)c4)cc3[nH]2)C(O)C(O)C1O. The van der Waals surface area contributed by atoms with Gasteiger partial charge in [0, 0.05) is 32.2 Å². The van der Waals surface area contributed by atoms with Crippen molar-refractivity contribution in [2.75, 3.05) is 11.9 Å². The smallest absolute Gasteiger partial charge is 0.227 e. The van der Waals surface area contributed by atoms with Crippen molar-refractivity contribution in [1.29, 1.82) is 0 Å². The maximum atomic E-state index is 10.8. The van der Waals surface area contributed by atoms with Crippen molar-refractivity contribution in [2.45, 2.75) is 87.2 Å². The first kappa shape index (κ1) is 40.8. The van der Waals surface area contributed by atoms with Gasteiger partial charge in [-0.05, 0) is 66.2 Å². The lowest BCUT2D eigenvalue weighted by molar-refractivity contribution is -0.221. The molecule has 10 atom stereocenters. The molecule has 0 saturated carbocycles. The van der Waals surface area contributed by atoms with Gasteiger partial charge in [0.1, 0.15) is 48.8 Å². The highest BCUT2D eigenvalue weighted by atomic mass is 32.2. The fourth-order valence-corrected chi connectivity index (χ4v) is 8.12. The van der Waals surface area contributed by atoms with Crippen molar-refractivity contribution in [3.8, 4) is 0 Å². The molecule has 3 heterocycles. The van der Waals surface area contributed by atoms with Crippen LogP contribution in [-0.2, 0) is 11.2 Å². The van der Waals surface area contributed by atoms with Crippen LogP contribution in [0.4, 0.5) is 11.9 Å². The number of aliphatic imine (C=N–C) groups is 1. The van der Waals surface area contributed by atoms with Gasteiger partial charge in [-0.25, -0.2) is 15.0 Å². The largest absolute Gasteiger partial charge is 0.394 e. The Morgan fingerprint density at radius 3 is 2.07 bits per heavy atom. The van der Waals surface area contributed by atoms with Gasteiger partial charge in [-0.15, -0.1) is 0 Å². The number of nitrogens with zero attached hydrogens (tertiary/aromatic N) is 3. The quantitative estimate of drug-likeness (QED) is 0.0658. The molecular formula is C39H42N6O10S2. The van der Waals surface area contributed by atoms with Gasteiger partial charge in [0.2, 0.25) is 11.9 Å². The molecule has 18 heteroatoms. The first-order valence-corrected chi connectivity index (χ1v) is 19.6. The summed E-state index contributed by atoms with van der Waals surface area (Å²) in [5, 5.41) is 96.3. The van der Waals surface area contributed by atoms with Crippen molar-refractivity contribution in [3.05, 3.63) is 96.6 Å². The molecule has 12 N–H and O–H groups in total. The summed E-state index contributed by atoms with van der Waals surface area (Å²) in [7, 11) is 0. The maximum absolute atomic E-state index is 10.8. The first-order valence-electron chi connectivity index (χ1n) is 18.0. The lowest BCUT2D eigenvalue weighted by atomic mass is 9.95. The minimum atomic E-state index is -1.91. The molecular weight excluding hydrogens is 777 g/mol. The summed E-state index contributed by atoms with van der Waals surface area (Å²) >= 11 is 3.00. The van der Waals surface area contributed by atoms with Crippen molar-refractivity contribution >= 4 is 63.7 Å². The van der Waals surface area contributed by atoms with E-state index in [4.69, 9.17) is 4.74 Å². The van der Waals surface area contributed by atoms with E-state index in [2.05, 4.69) is 30.2 Å². The number of aliphatic hydroxyl groups is 9. The Hall–Kier alpha value is -4.41. The number of aromatic nitrogens is 4. The highest BCUT2D eigenvalue weighted by molar-refractivity contribution is 7.99. The Morgan fingerprint density at radius 1 is 0.702 bits per heavy atom. The van der Waals surface area contributed by atoms with E-state index in [9.17, 15) is 46.0 Å². The molecule has 7 rings (SSSR count). The second-order valence-corrected chi connectivity index (χ2v) is 15.9. The zero-order valence-electron chi connectivity index (χ0n) is 30.0. The molecule has 0 spiro atoms. The molecule has 0 amide bonds. The lowest BCUT2D eigenvalue weighted by Gasteiger charge is -2.40. The minimum absolute atomic E-state index is 0.0698. The number of ether oxygens (including phenoxy) is 1. The predicted octanol–water partition coefficient (Wildman–Crippen LogP) is 1.70. The number of H-pyrrole nitrogens is 2. The summed E-state index contributed by atoms with van der Waals surface area (Å²) in [5.74, 6) is 0.404. The topological polar surface area (TPSA) is 273 Å². The summed E-state index contributed by atoms with van der Waals surface area (Å²) in [4.78, 5) is 22.8. The van der Waals surface area contributed by atoms with Crippen LogP contribution in [0.2, 0.25) is 0 Å². The number of hydrogen-bond acceptors (Lipinski definition) is 16.